The summed E-state index contributed by atoms with van der Waals surface area (Å²) in [5.74, 6) is -0.708. The van der Waals surface area contributed by atoms with Gasteiger partial charge in [-0.2, -0.15) is 0 Å². The Kier molecular flexibility index (Phi) is 6.52. The summed E-state index contributed by atoms with van der Waals surface area (Å²) in [6, 6.07) is 2.72. The van der Waals surface area contributed by atoms with Gasteiger partial charge in [-0.3, -0.25) is 20.2 Å². The monoisotopic (exact) mass is 612 g/mol. The van der Waals surface area contributed by atoms with Crippen molar-refractivity contribution in [3.63, 3.8) is 0 Å². The van der Waals surface area contributed by atoms with Crippen molar-refractivity contribution in [2.45, 2.75) is 88.3 Å². The third-order valence-corrected chi connectivity index (χ3v) is 12.3. The van der Waals surface area contributed by atoms with E-state index in [9.17, 15) is 34.9 Å². The summed E-state index contributed by atoms with van der Waals surface area (Å²) in [6.45, 7) is 2.66. The van der Waals surface area contributed by atoms with Gasteiger partial charge in [0.2, 0.25) is 0 Å². The summed E-state index contributed by atoms with van der Waals surface area (Å²) in [6.07, 6.45) is 6.06. The summed E-state index contributed by atoms with van der Waals surface area (Å²) >= 11 is 0. The Hall–Kier alpha value is -3.42. The molecule has 1 saturated heterocycles. The van der Waals surface area contributed by atoms with Crippen LogP contribution in [-0.2, 0) is 23.7 Å². The highest BCUT2D eigenvalue weighted by Gasteiger charge is 2.79. The molecule has 5 fully saturated rings. The fraction of sp³-hybridized carbons (Fsp3) is 0.677. The second-order valence-electron chi connectivity index (χ2n) is 13.8. The van der Waals surface area contributed by atoms with Crippen LogP contribution in [0.1, 0.15) is 75.1 Å². The molecule has 1 aromatic carbocycles. The van der Waals surface area contributed by atoms with Gasteiger partial charge in [-0.1, -0.05) is 6.92 Å². The van der Waals surface area contributed by atoms with E-state index in [4.69, 9.17) is 18.9 Å². The molecule has 13 heteroatoms. The van der Waals surface area contributed by atoms with Gasteiger partial charge in [0.05, 0.1) is 38.1 Å². The number of nitro groups is 2. The number of cyclic esters (lactones) is 1. The van der Waals surface area contributed by atoms with Crippen LogP contribution in [0.4, 0.5) is 11.4 Å². The van der Waals surface area contributed by atoms with Crippen molar-refractivity contribution in [3.05, 3.63) is 55.6 Å². The summed E-state index contributed by atoms with van der Waals surface area (Å²) < 4.78 is 24.0. The van der Waals surface area contributed by atoms with E-state index in [1.165, 1.54) is 0 Å². The Labute approximate surface area is 253 Å². The Bertz CT molecular complexity index is 1460. The van der Waals surface area contributed by atoms with Crippen molar-refractivity contribution in [2.75, 3.05) is 13.7 Å². The number of esters is 2. The average Bonchev–Trinajstić information content (AvgIpc) is 3.63. The molecule has 4 aliphatic carbocycles. The number of ether oxygens (including phenoxy) is 4. The first-order valence-corrected chi connectivity index (χ1v) is 15.3. The van der Waals surface area contributed by atoms with E-state index >= 15 is 0 Å². The minimum absolute atomic E-state index is 0.0297. The lowest BCUT2D eigenvalue weighted by Crippen LogP contribution is -2.67. The first-order valence-electron chi connectivity index (χ1n) is 15.3. The molecule has 6 aliphatic rings. The second-order valence-corrected chi connectivity index (χ2v) is 13.8. The molecule has 0 aromatic heterocycles. The van der Waals surface area contributed by atoms with Gasteiger partial charge in [0.15, 0.2) is 6.29 Å². The summed E-state index contributed by atoms with van der Waals surface area (Å²) in [5.41, 5.74) is -2.91. The molecule has 0 amide bonds. The highest BCUT2D eigenvalue weighted by molar-refractivity contribution is 5.91. The van der Waals surface area contributed by atoms with E-state index in [1.807, 2.05) is 0 Å². The van der Waals surface area contributed by atoms with Gasteiger partial charge >= 0.3 is 11.9 Å². The molecule has 1 aromatic rings. The number of aliphatic hydroxyl groups is 1. The third-order valence-electron chi connectivity index (χ3n) is 12.3. The topological polar surface area (TPSA) is 178 Å². The van der Waals surface area contributed by atoms with Crippen molar-refractivity contribution in [3.8, 4) is 0 Å². The molecular weight excluding hydrogens is 576 g/mol. The van der Waals surface area contributed by atoms with Crippen LogP contribution in [0, 0.1) is 48.8 Å². The normalized spacial score (nSPS) is 42.0. The Morgan fingerprint density at radius 3 is 2.36 bits per heavy atom. The van der Waals surface area contributed by atoms with E-state index < -0.39 is 56.2 Å². The zero-order valence-corrected chi connectivity index (χ0v) is 24.7. The van der Waals surface area contributed by atoms with E-state index in [1.54, 1.807) is 13.2 Å². The van der Waals surface area contributed by atoms with Gasteiger partial charge in [-0.25, -0.2) is 9.59 Å². The molecule has 1 spiro atoms. The van der Waals surface area contributed by atoms with E-state index in [0.717, 1.165) is 49.5 Å². The Morgan fingerprint density at radius 2 is 1.73 bits per heavy atom. The molecule has 9 atom stereocenters. The molecule has 236 valence electrons. The first kappa shape index (κ1) is 29.3. The number of fused-ring (bicyclic) bond motifs is 1. The molecule has 4 saturated carbocycles. The number of hydrogen-bond acceptors (Lipinski definition) is 11. The van der Waals surface area contributed by atoms with E-state index in [2.05, 4.69) is 6.92 Å². The number of nitrogens with zero attached hydrogens (tertiary/aromatic N) is 2. The zero-order valence-electron chi connectivity index (χ0n) is 24.7. The first-order chi connectivity index (χ1) is 20.9. The molecule has 2 aliphatic heterocycles. The highest BCUT2D eigenvalue weighted by Crippen LogP contribution is 2.76. The molecule has 0 radical (unpaired) electrons. The van der Waals surface area contributed by atoms with Gasteiger partial charge in [0.25, 0.3) is 11.4 Å². The summed E-state index contributed by atoms with van der Waals surface area (Å²) in [4.78, 5) is 46.1. The number of benzene rings is 1. The summed E-state index contributed by atoms with van der Waals surface area (Å²) in [5, 5.41) is 35.1. The predicted molar refractivity (Wildman–Crippen MR) is 150 cm³/mol. The maximum absolute atomic E-state index is 13.1. The lowest BCUT2D eigenvalue weighted by molar-refractivity contribution is -0.394. The second kappa shape index (κ2) is 9.79. The van der Waals surface area contributed by atoms with Gasteiger partial charge < -0.3 is 24.1 Å². The van der Waals surface area contributed by atoms with Crippen molar-refractivity contribution in [2.24, 2.45) is 28.6 Å². The minimum Gasteiger partial charge on any atom is -0.459 e. The van der Waals surface area contributed by atoms with Crippen molar-refractivity contribution >= 4 is 23.3 Å². The lowest BCUT2D eigenvalue weighted by Gasteiger charge is -2.63. The van der Waals surface area contributed by atoms with Crippen molar-refractivity contribution < 1.29 is 43.5 Å². The number of carbonyl (C=O) groups excluding carboxylic acids is 2. The number of methoxy groups -OCH3 is 1. The quantitative estimate of drug-likeness (QED) is 0.274. The number of hydrogen-bond donors (Lipinski definition) is 1. The molecule has 7 rings (SSSR count). The van der Waals surface area contributed by atoms with E-state index in [0.29, 0.717) is 32.3 Å². The smallest absolute Gasteiger partial charge is 0.338 e. The maximum Gasteiger partial charge on any atom is 0.338 e. The summed E-state index contributed by atoms with van der Waals surface area (Å²) in [7, 11) is 1.60. The van der Waals surface area contributed by atoms with Crippen LogP contribution in [-0.4, -0.2) is 64.2 Å². The third kappa shape index (κ3) is 3.87. The Balaban J connectivity index is 1.15. The Morgan fingerprint density at radius 1 is 1.00 bits per heavy atom. The van der Waals surface area contributed by atoms with E-state index in [-0.39, 0.29) is 41.1 Å². The molecule has 2 bridgehead atoms. The van der Waals surface area contributed by atoms with Gasteiger partial charge in [-0.15, -0.1) is 0 Å². The van der Waals surface area contributed by atoms with Crippen LogP contribution in [0.25, 0.3) is 0 Å². The SMILES string of the molecule is CO[C@@H]1O[C@@]23CC[C@@]4(O)C[C@H](OC(=O)c5cc([N+](=O)[O-])cc([N+](=O)[O-])c5)CC[C@@]14[C@H]2CC[C@]1(C)[C@@H](C2=CC(=O)OC2)CC[C@H]13. The van der Waals surface area contributed by atoms with Gasteiger partial charge in [-0.05, 0) is 74.2 Å². The predicted octanol–water partition coefficient (Wildman–Crippen LogP) is 4.39. The number of carbonyl (C=O) groups is 2. The highest BCUT2D eigenvalue weighted by atomic mass is 16.7. The van der Waals surface area contributed by atoms with Crippen LogP contribution in [0.2, 0.25) is 0 Å². The molecule has 1 N–H and O–H groups in total. The number of non-ortho nitro benzene ring substituents is 2. The fourth-order valence-electron chi connectivity index (χ4n) is 10.6. The number of nitro benzene ring substituents is 2. The minimum atomic E-state index is -1.25. The van der Waals surface area contributed by atoms with Crippen molar-refractivity contribution in [1.29, 1.82) is 0 Å². The van der Waals surface area contributed by atoms with Crippen LogP contribution in [0.5, 0.6) is 0 Å². The van der Waals surface area contributed by atoms with Gasteiger partial charge in [0.1, 0.15) is 12.7 Å². The lowest BCUT2D eigenvalue weighted by atomic mass is 9.42. The number of rotatable bonds is 6. The molecule has 44 heavy (non-hydrogen) atoms. The zero-order chi connectivity index (χ0) is 31.2. The largest absolute Gasteiger partial charge is 0.459 e. The maximum atomic E-state index is 13.1. The molecule has 13 nitrogen and oxygen atoms in total. The molecule has 0 unspecified atom stereocenters. The van der Waals surface area contributed by atoms with Crippen LogP contribution in [0.3, 0.4) is 0 Å². The molecule has 2 heterocycles. The van der Waals surface area contributed by atoms with Crippen LogP contribution < -0.4 is 0 Å². The average molecular weight is 613 g/mol. The van der Waals surface area contributed by atoms with Crippen molar-refractivity contribution in [1.82, 2.24) is 0 Å². The van der Waals surface area contributed by atoms with Crippen LogP contribution in [0.15, 0.2) is 29.8 Å². The van der Waals surface area contributed by atoms with Gasteiger partial charge in [0, 0.05) is 37.7 Å². The standard InChI is InChI=1S/C31H36N2O11/c1-28-7-6-24-30-8-5-21(43-26(35)17-11-19(32(37)38)14-20(12-17)33(39)40)15-29(30,36)9-10-31(24,44-27(30)41-2)23(28)4-3-22(28)18-13-25(34)42-16-18/h11-14,21-24,27,36H,3-10,15-16H2,1-2H3/t21-,22-,23-,24-,27-,28-,29-,30-,31-/m1/s1. The van der Waals surface area contributed by atoms with Crippen LogP contribution >= 0.6 is 0 Å². The molecular formula is C31H36N2O11. The fourth-order valence-corrected chi connectivity index (χ4v) is 10.6.